The van der Waals surface area contributed by atoms with Crippen LogP contribution in [-0.4, -0.2) is 33.4 Å². The first-order valence-corrected chi connectivity index (χ1v) is 4.78. The number of carbonyl (C=O) groups is 1. The van der Waals surface area contributed by atoms with Crippen LogP contribution in [0.3, 0.4) is 0 Å². The van der Waals surface area contributed by atoms with Crippen LogP contribution in [0.5, 0.6) is 5.88 Å². The van der Waals surface area contributed by atoms with Crippen molar-refractivity contribution in [2.24, 2.45) is 0 Å². The van der Waals surface area contributed by atoms with Gasteiger partial charge in [-0.3, -0.25) is 4.98 Å². The summed E-state index contributed by atoms with van der Waals surface area (Å²) >= 11 is 0. The van der Waals surface area contributed by atoms with Gasteiger partial charge in [-0.15, -0.1) is 10.2 Å². The summed E-state index contributed by atoms with van der Waals surface area (Å²) in [6.45, 7) is 0. The quantitative estimate of drug-likeness (QED) is 0.855. The molecule has 0 aliphatic carbocycles. The molecule has 0 spiro atoms. The van der Waals surface area contributed by atoms with E-state index in [1.54, 1.807) is 24.5 Å². The zero-order valence-electron chi connectivity index (χ0n) is 8.99. The Kier molecular flexibility index (Phi) is 2.95. The van der Waals surface area contributed by atoms with Gasteiger partial charge in [-0.05, 0) is 18.2 Å². The van der Waals surface area contributed by atoms with Gasteiger partial charge >= 0.3 is 5.97 Å². The lowest BCUT2D eigenvalue weighted by Gasteiger charge is -2.04. The fourth-order valence-corrected chi connectivity index (χ4v) is 1.35. The van der Waals surface area contributed by atoms with E-state index in [0.717, 1.165) is 5.56 Å². The minimum atomic E-state index is -1.10. The normalized spacial score (nSPS) is 9.94. The number of hydrogen-bond donors (Lipinski definition) is 1. The molecule has 2 aromatic rings. The Morgan fingerprint density at radius 3 is 2.59 bits per heavy atom. The highest BCUT2D eigenvalue weighted by atomic mass is 16.5. The first-order valence-electron chi connectivity index (χ1n) is 4.78. The summed E-state index contributed by atoms with van der Waals surface area (Å²) in [5.41, 5.74) is 1.19. The van der Waals surface area contributed by atoms with Gasteiger partial charge in [0, 0.05) is 18.0 Å². The van der Waals surface area contributed by atoms with Crippen LogP contribution in [-0.2, 0) is 0 Å². The van der Waals surface area contributed by atoms with Gasteiger partial charge in [0.15, 0.2) is 0 Å². The Hall–Kier alpha value is -2.50. The number of hydrogen-bond acceptors (Lipinski definition) is 5. The van der Waals surface area contributed by atoms with E-state index in [4.69, 9.17) is 9.84 Å². The molecule has 0 aliphatic rings. The SMILES string of the molecule is COc1nnc(-c2ccncc2)cc1C(=O)O. The summed E-state index contributed by atoms with van der Waals surface area (Å²) in [6.07, 6.45) is 3.20. The van der Waals surface area contributed by atoms with Crippen LogP contribution in [0, 0.1) is 0 Å². The highest BCUT2D eigenvalue weighted by molar-refractivity contribution is 5.91. The van der Waals surface area contributed by atoms with Crippen molar-refractivity contribution in [3.8, 4) is 17.1 Å². The van der Waals surface area contributed by atoms with Gasteiger partial charge in [0.1, 0.15) is 5.56 Å². The molecule has 0 aromatic carbocycles. The lowest BCUT2D eigenvalue weighted by atomic mass is 10.1. The predicted molar refractivity (Wildman–Crippen MR) is 58.8 cm³/mol. The molecule has 6 nitrogen and oxygen atoms in total. The first kappa shape index (κ1) is 11.0. The number of carboxylic acid groups (broad SMARTS) is 1. The molecule has 0 saturated heterocycles. The summed E-state index contributed by atoms with van der Waals surface area (Å²) in [5.74, 6) is -1.11. The van der Waals surface area contributed by atoms with Crippen LogP contribution >= 0.6 is 0 Å². The molecular formula is C11H9N3O3. The van der Waals surface area contributed by atoms with E-state index in [9.17, 15) is 4.79 Å². The number of rotatable bonds is 3. The molecule has 0 saturated carbocycles. The standard InChI is InChI=1S/C11H9N3O3/c1-17-10-8(11(15)16)6-9(13-14-10)7-2-4-12-5-3-7/h2-6H,1H3,(H,15,16). The maximum Gasteiger partial charge on any atom is 0.341 e. The van der Waals surface area contributed by atoms with Crippen molar-refractivity contribution in [1.82, 2.24) is 15.2 Å². The molecule has 2 heterocycles. The number of aromatic nitrogens is 3. The summed E-state index contributed by atoms with van der Waals surface area (Å²) < 4.78 is 4.83. The number of ether oxygens (including phenoxy) is 1. The molecule has 0 amide bonds. The molecule has 1 N–H and O–H groups in total. The molecule has 6 heteroatoms. The molecule has 2 aromatic heterocycles. The second-order valence-corrected chi connectivity index (χ2v) is 3.19. The average molecular weight is 231 g/mol. The molecular weight excluding hydrogens is 222 g/mol. The van der Waals surface area contributed by atoms with Gasteiger partial charge in [-0.2, -0.15) is 0 Å². The van der Waals surface area contributed by atoms with E-state index in [-0.39, 0.29) is 11.4 Å². The monoisotopic (exact) mass is 231 g/mol. The minimum Gasteiger partial charge on any atom is -0.479 e. The molecule has 2 rings (SSSR count). The number of pyridine rings is 1. The summed E-state index contributed by atoms with van der Waals surface area (Å²) in [5, 5.41) is 16.6. The van der Waals surface area contributed by atoms with Gasteiger partial charge in [0.2, 0.25) is 5.88 Å². The maximum absolute atomic E-state index is 11.0. The van der Waals surface area contributed by atoms with E-state index < -0.39 is 5.97 Å². The Morgan fingerprint density at radius 1 is 1.29 bits per heavy atom. The van der Waals surface area contributed by atoms with Crippen molar-refractivity contribution in [2.45, 2.75) is 0 Å². The minimum absolute atomic E-state index is 0.00435. The molecule has 0 aliphatic heterocycles. The number of aromatic carboxylic acids is 1. The third-order valence-electron chi connectivity index (χ3n) is 2.16. The van der Waals surface area contributed by atoms with Crippen molar-refractivity contribution in [3.05, 3.63) is 36.2 Å². The van der Waals surface area contributed by atoms with Gasteiger partial charge in [-0.25, -0.2) is 4.79 Å². The zero-order chi connectivity index (χ0) is 12.3. The highest BCUT2D eigenvalue weighted by Crippen LogP contribution is 2.21. The molecule has 17 heavy (non-hydrogen) atoms. The van der Waals surface area contributed by atoms with Crippen molar-refractivity contribution in [2.75, 3.05) is 7.11 Å². The lowest BCUT2D eigenvalue weighted by Crippen LogP contribution is -2.04. The fraction of sp³-hybridized carbons (Fsp3) is 0.0909. The fourth-order valence-electron chi connectivity index (χ4n) is 1.35. The largest absolute Gasteiger partial charge is 0.479 e. The maximum atomic E-state index is 11.0. The molecule has 0 unspecified atom stereocenters. The van der Waals surface area contributed by atoms with E-state index in [0.29, 0.717) is 5.69 Å². The summed E-state index contributed by atoms with van der Waals surface area (Å²) in [7, 11) is 1.35. The van der Waals surface area contributed by atoms with Crippen molar-refractivity contribution < 1.29 is 14.6 Å². The zero-order valence-corrected chi connectivity index (χ0v) is 8.99. The molecule has 0 bridgehead atoms. The van der Waals surface area contributed by atoms with E-state index >= 15 is 0 Å². The number of carboxylic acids is 1. The molecule has 0 atom stereocenters. The summed E-state index contributed by atoms with van der Waals surface area (Å²) in [6, 6.07) is 4.87. The molecule has 0 radical (unpaired) electrons. The topological polar surface area (TPSA) is 85.2 Å². The predicted octanol–water partition coefficient (Wildman–Crippen LogP) is 1.25. The molecule has 0 fully saturated rings. The Morgan fingerprint density at radius 2 is 2.00 bits per heavy atom. The first-order chi connectivity index (χ1) is 8.22. The average Bonchev–Trinajstić information content (AvgIpc) is 2.39. The van der Waals surface area contributed by atoms with Crippen LogP contribution in [0.2, 0.25) is 0 Å². The second-order valence-electron chi connectivity index (χ2n) is 3.19. The van der Waals surface area contributed by atoms with E-state index in [2.05, 4.69) is 15.2 Å². The number of methoxy groups -OCH3 is 1. The van der Waals surface area contributed by atoms with Crippen LogP contribution < -0.4 is 4.74 Å². The Balaban J connectivity index is 2.51. The van der Waals surface area contributed by atoms with Gasteiger partial charge < -0.3 is 9.84 Å². The van der Waals surface area contributed by atoms with Gasteiger partial charge in [0.05, 0.1) is 12.8 Å². The van der Waals surface area contributed by atoms with Crippen molar-refractivity contribution in [1.29, 1.82) is 0 Å². The lowest BCUT2D eigenvalue weighted by molar-refractivity contribution is 0.0692. The van der Waals surface area contributed by atoms with Crippen molar-refractivity contribution >= 4 is 5.97 Å². The smallest absolute Gasteiger partial charge is 0.341 e. The summed E-state index contributed by atoms with van der Waals surface area (Å²) in [4.78, 5) is 14.9. The van der Waals surface area contributed by atoms with Crippen LogP contribution in [0.4, 0.5) is 0 Å². The highest BCUT2D eigenvalue weighted by Gasteiger charge is 2.14. The van der Waals surface area contributed by atoms with E-state index in [1.807, 2.05) is 0 Å². The third-order valence-corrected chi connectivity index (χ3v) is 2.16. The third kappa shape index (κ3) is 2.20. The van der Waals surface area contributed by atoms with Gasteiger partial charge in [-0.1, -0.05) is 0 Å². The second kappa shape index (κ2) is 4.56. The van der Waals surface area contributed by atoms with Crippen LogP contribution in [0.15, 0.2) is 30.6 Å². The van der Waals surface area contributed by atoms with Crippen LogP contribution in [0.25, 0.3) is 11.3 Å². The van der Waals surface area contributed by atoms with Crippen LogP contribution in [0.1, 0.15) is 10.4 Å². The van der Waals surface area contributed by atoms with Gasteiger partial charge in [0.25, 0.3) is 0 Å². The Labute approximate surface area is 96.9 Å². The van der Waals surface area contributed by atoms with Crippen molar-refractivity contribution in [3.63, 3.8) is 0 Å². The van der Waals surface area contributed by atoms with E-state index in [1.165, 1.54) is 13.2 Å². The molecule has 86 valence electrons. The Bertz CT molecular complexity index is 543. The number of nitrogens with zero attached hydrogens (tertiary/aromatic N) is 3.